The number of aliphatic hydroxyl groups is 1. The zero-order chi connectivity index (χ0) is 14.2. The van der Waals surface area contributed by atoms with E-state index in [-0.39, 0.29) is 12.5 Å². The van der Waals surface area contributed by atoms with Crippen molar-refractivity contribution in [3.8, 4) is 0 Å². The fourth-order valence-corrected chi connectivity index (χ4v) is 2.68. The Labute approximate surface area is 120 Å². The molecule has 2 rings (SSSR count). The van der Waals surface area contributed by atoms with Gasteiger partial charge in [0.25, 0.3) is 0 Å². The highest BCUT2D eigenvalue weighted by Gasteiger charge is 2.20. The lowest BCUT2D eigenvalue weighted by molar-refractivity contribution is -0.122. The van der Waals surface area contributed by atoms with Gasteiger partial charge < -0.3 is 10.4 Å². The van der Waals surface area contributed by atoms with Crippen molar-refractivity contribution in [2.24, 2.45) is 5.92 Å². The van der Waals surface area contributed by atoms with Crippen LogP contribution in [0.2, 0.25) is 0 Å². The van der Waals surface area contributed by atoms with E-state index in [9.17, 15) is 4.79 Å². The summed E-state index contributed by atoms with van der Waals surface area (Å²) in [4.78, 5) is 18.1. The Morgan fingerprint density at radius 1 is 1.55 bits per heavy atom. The molecule has 1 saturated heterocycles. The van der Waals surface area contributed by atoms with Gasteiger partial charge in [0.15, 0.2) is 0 Å². The lowest BCUT2D eigenvalue weighted by Gasteiger charge is -2.31. The minimum absolute atomic E-state index is 0.0542. The average molecular weight is 277 g/mol. The fourth-order valence-electron chi connectivity index (χ4n) is 2.68. The van der Waals surface area contributed by atoms with Crippen LogP contribution in [0.15, 0.2) is 24.5 Å². The molecule has 5 heteroatoms. The van der Waals surface area contributed by atoms with Crippen LogP contribution in [-0.2, 0) is 11.3 Å². The number of hydrogen-bond acceptors (Lipinski definition) is 4. The highest BCUT2D eigenvalue weighted by atomic mass is 16.3. The summed E-state index contributed by atoms with van der Waals surface area (Å²) in [5.74, 6) is 0.582. The van der Waals surface area contributed by atoms with Crippen LogP contribution < -0.4 is 5.32 Å². The highest BCUT2D eigenvalue weighted by molar-refractivity contribution is 5.78. The third-order valence-corrected chi connectivity index (χ3v) is 3.72. The predicted molar refractivity (Wildman–Crippen MR) is 77.0 cm³/mol. The Kier molecular flexibility index (Phi) is 5.95. The van der Waals surface area contributed by atoms with E-state index in [1.807, 2.05) is 12.1 Å². The summed E-state index contributed by atoms with van der Waals surface area (Å²) in [5, 5.41) is 11.9. The van der Waals surface area contributed by atoms with E-state index >= 15 is 0 Å². The van der Waals surface area contributed by atoms with Gasteiger partial charge in [-0.1, -0.05) is 6.07 Å². The van der Waals surface area contributed by atoms with Crippen molar-refractivity contribution in [2.75, 3.05) is 26.2 Å². The lowest BCUT2D eigenvalue weighted by Crippen LogP contribution is -2.42. The summed E-state index contributed by atoms with van der Waals surface area (Å²) in [6.45, 7) is 3.11. The second-order valence-corrected chi connectivity index (χ2v) is 5.39. The summed E-state index contributed by atoms with van der Waals surface area (Å²) in [6.07, 6.45) is 6.60. The van der Waals surface area contributed by atoms with E-state index in [1.165, 1.54) is 0 Å². The van der Waals surface area contributed by atoms with E-state index in [2.05, 4.69) is 15.2 Å². The molecule has 1 aliphatic rings. The standard InChI is InChI=1S/C15H23N3O2/c19-8-5-13-4-2-7-18(11-13)12-15(20)17-10-14-3-1-6-16-9-14/h1,3,6,9,13,19H,2,4-5,7-8,10-12H2,(H,17,20)/t13-/m1/s1. The molecule has 1 fully saturated rings. The maximum Gasteiger partial charge on any atom is 0.234 e. The Balaban J connectivity index is 1.71. The number of carbonyl (C=O) groups excluding carboxylic acids is 1. The van der Waals surface area contributed by atoms with Crippen molar-refractivity contribution < 1.29 is 9.90 Å². The molecule has 5 nitrogen and oxygen atoms in total. The quantitative estimate of drug-likeness (QED) is 0.807. The van der Waals surface area contributed by atoms with Crippen molar-refractivity contribution in [3.05, 3.63) is 30.1 Å². The van der Waals surface area contributed by atoms with Gasteiger partial charge in [-0.05, 0) is 43.4 Å². The molecule has 0 spiro atoms. The third-order valence-electron chi connectivity index (χ3n) is 3.72. The molecule has 1 aromatic heterocycles. The molecular formula is C15H23N3O2. The molecule has 110 valence electrons. The van der Waals surface area contributed by atoms with Crippen LogP contribution in [0.5, 0.6) is 0 Å². The van der Waals surface area contributed by atoms with Crippen molar-refractivity contribution in [1.82, 2.24) is 15.2 Å². The third kappa shape index (κ3) is 4.90. The molecule has 1 atom stereocenters. The predicted octanol–water partition coefficient (Wildman–Crippen LogP) is 0.792. The maximum absolute atomic E-state index is 11.9. The van der Waals surface area contributed by atoms with E-state index in [0.717, 1.165) is 37.9 Å². The van der Waals surface area contributed by atoms with Crippen LogP contribution in [-0.4, -0.2) is 47.1 Å². The van der Waals surface area contributed by atoms with E-state index in [1.54, 1.807) is 12.4 Å². The van der Waals surface area contributed by atoms with Crippen LogP contribution in [0, 0.1) is 5.92 Å². The number of piperidine rings is 1. The van der Waals surface area contributed by atoms with Gasteiger partial charge in [-0.2, -0.15) is 0 Å². The average Bonchev–Trinajstić information content (AvgIpc) is 2.47. The maximum atomic E-state index is 11.9. The van der Waals surface area contributed by atoms with E-state index in [4.69, 9.17) is 5.11 Å². The Morgan fingerprint density at radius 3 is 3.20 bits per heavy atom. The number of aromatic nitrogens is 1. The SMILES string of the molecule is O=C(CN1CCC[C@H](CCO)C1)NCc1cccnc1. The molecule has 0 radical (unpaired) electrons. The number of aliphatic hydroxyl groups excluding tert-OH is 1. The molecule has 0 aliphatic carbocycles. The summed E-state index contributed by atoms with van der Waals surface area (Å²) in [5.41, 5.74) is 1.01. The molecule has 2 heterocycles. The lowest BCUT2D eigenvalue weighted by atomic mass is 9.95. The first-order chi connectivity index (χ1) is 9.78. The molecule has 0 aromatic carbocycles. The first-order valence-corrected chi connectivity index (χ1v) is 7.26. The Hall–Kier alpha value is -1.46. The van der Waals surface area contributed by atoms with Gasteiger partial charge in [0.2, 0.25) is 5.91 Å². The number of amides is 1. The zero-order valence-electron chi connectivity index (χ0n) is 11.8. The Morgan fingerprint density at radius 2 is 2.45 bits per heavy atom. The van der Waals surface area contributed by atoms with Crippen molar-refractivity contribution in [3.63, 3.8) is 0 Å². The van der Waals surface area contributed by atoms with Gasteiger partial charge in [-0.15, -0.1) is 0 Å². The topological polar surface area (TPSA) is 65.5 Å². The highest BCUT2D eigenvalue weighted by Crippen LogP contribution is 2.18. The van der Waals surface area contributed by atoms with Crippen molar-refractivity contribution in [1.29, 1.82) is 0 Å². The number of nitrogens with one attached hydrogen (secondary N) is 1. The molecule has 0 bridgehead atoms. The molecule has 2 N–H and O–H groups in total. The second-order valence-electron chi connectivity index (χ2n) is 5.39. The molecule has 20 heavy (non-hydrogen) atoms. The minimum Gasteiger partial charge on any atom is -0.396 e. The largest absolute Gasteiger partial charge is 0.396 e. The van der Waals surface area contributed by atoms with Crippen LogP contribution in [0.3, 0.4) is 0 Å². The first-order valence-electron chi connectivity index (χ1n) is 7.26. The van der Waals surface area contributed by atoms with Gasteiger partial charge >= 0.3 is 0 Å². The van der Waals surface area contributed by atoms with Gasteiger partial charge in [-0.25, -0.2) is 0 Å². The van der Waals surface area contributed by atoms with Crippen molar-refractivity contribution >= 4 is 5.91 Å². The second kappa shape index (κ2) is 7.97. The molecule has 1 aromatic rings. The van der Waals surface area contributed by atoms with E-state index < -0.39 is 0 Å². The van der Waals surface area contributed by atoms with E-state index in [0.29, 0.717) is 19.0 Å². The zero-order valence-corrected chi connectivity index (χ0v) is 11.8. The number of rotatable bonds is 6. The number of likely N-dealkylation sites (tertiary alicyclic amines) is 1. The number of carbonyl (C=O) groups is 1. The van der Waals surface area contributed by atoms with Gasteiger partial charge in [0.05, 0.1) is 6.54 Å². The van der Waals surface area contributed by atoms with Gasteiger partial charge in [-0.3, -0.25) is 14.7 Å². The molecule has 1 amide bonds. The number of nitrogens with zero attached hydrogens (tertiary/aromatic N) is 2. The summed E-state index contributed by atoms with van der Waals surface area (Å²) in [6, 6.07) is 3.82. The fraction of sp³-hybridized carbons (Fsp3) is 0.600. The van der Waals surface area contributed by atoms with Crippen LogP contribution in [0.1, 0.15) is 24.8 Å². The summed E-state index contributed by atoms with van der Waals surface area (Å²) >= 11 is 0. The molecule has 1 aliphatic heterocycles. The minimum atomic E-state index is 0.0542. The van der Waals surface area contributed by atoms with Crippen LogP contribution >= 0.6 is 0 Å². The van der Waals surface area contributed by atoms with Crippen LogP contribution in [0.25, 0.3) is 0 Å². The normalized spacial score (nSPS) is 19.8. The van der Waals surface area contributed by atoms with Gasteiger partial charge in [0, 0.05) is 32.1 Å². The van der Waals surface area contributed by atoms with Crippen LogP contribution in [0.4, 0.5) is 0 Å². The van der Waals surface area contributed by atoms with Crippen molar-refractivity contribution in [2.45, 2.75) is 25.8 Å². The molecule has 0 unspecified atom stereocenters. The number of hydrogen-bond donors (Lipinski definition) is 2. The Bertz CT molecular complexity index is 409. The first kappa shape index (κ1) is 14.9. The monoisotopic (exact) mass is 277 g/mol. The summed E-state index contributed by atoms with van der Waals surface area (Å²) in [7, 11) is 0. The number of pyridine rings is 1. The molecule has 0 saturated carbocycles. The molecular weight excluding hydrogens is 254 g/mol. The smallest absolute Gasteiger partial charge is 0.234 e. The van der Waals surface area contributed by atoms with Gasteiger partial charge in [0.1, 0.15) is 0 Å². The summed E-state index contributed by atoms with van der Waals surface area (Å²) < 4.78 is 0.